The van der Waals surface area contributed by atoms with Crippen molar-refractivity contribution in [3.8, 4) is 11.5 Å². The quantitative estimate of drug-likeness (QED) is 0.247. The second kappa shape index (κ2) is 14.6. The van der Waals surface area contributed by atoms with Crippen LogP contribution in [0.3, 0.4) is 0 Å². The number of aromatic amines is 1. The normalized spacial score (nSPS) is 12.1. The molecule has 0 aliphatic carbocycles. The van der Waals surface area contributed by atoms with Crippen LogP contribution in [-0.2, 0) is 20.8 Å². The number of aromatic nitrogens is 4. The van der Waals surface area contributed by atoms with Crippen LogP contribution in [0.2, 0.25) is 0 Å². The third-order valence-corrected chi connectivity index (χ3v) is 6.81. The molecule has 2 aliphatic heterocycles. The summed E-state index contributed by atoms with van der Waals surface area (Å²) >= 11 is 0. The molecule has 1 aromatic carbocycles. The van der Waals surface area contributed by atoms with Crippen molar-refractivity contribution in [2.45, 2.75) is 99.5 Å². The average Bonchev–Trinajstić information content (AvgIpc) is 2.89. The number of amides is 3. The Kier molecular flexibility index (Phi) is 11.5. The first-order valence-electron chi connectivity index (χ1n) is 15.9. The molecule has 0 aromatic heterocycles. The van der Waals surface area contributed by atoms with Crippen LogP contribution >= 0.6 is 0 Å². The van der Waals surface area contributed by atoms with E-state index in [4.69, 9.17) is 14.2 Å². The summed E-state index contributed by atoms with van der Waals surface area (Å²) in [7, 11) is 0. The van der Waals surface area contributed by atoms with E-state index in [2.05, 4.69) is 20.3 Å². The molecule has 0 saturated heterocycles. The highest BCUT2D eigenvalue weighted by Crippen LogP contribution is 2.24. The Morgan fingerprint density at radius 2 is 1.29 bits per heavy atom. The molecule has 0 atom stereocenters. The number of nitrogens with zero attached hydrogens (tertiary/aromatic N) is 5. The second-order valence-corrected chi connectivity index (χ2v) is 14.6. The average molecular weight is 672 g/mol. The smallest absolute Gasteiger partial charge is 0.410 e. The summed E-state index contributed by atoms with van der Waals surface area (Å²) in [5, 5.41) is 2.64. The highest BCUT2D eigenvalue weighted by atomic mass is 16.6. The number of rotatable bonds is 9. The maximum absolute atomic E-state index is 13.5. The van der Waals surface area contributed by atoms with E-state index in [1.807, 2.05) is 26.0 Å². The van der Waals surface area contributed by atoms with Crippen LogP contribution in [0.5, 0.6) is 0 Å². The Labute approximate surface area is 280 Å². The second-order valence-electron chi connectivity index (χ2n) is 14.6. The third kappa shape index (κ3) is 10.9. The summed E-state index contributed by atoms with van der Waals surface area (Å²) in [6.07, 6.45) is -1.89. The molecule has 2 N–H and O–H groups in total. The number of alkyl carbamates (subject to hydrolysis) is 1. The topological polar surface area (TPSA) is 178 Å². The summed E-state index contributed by atoms with van der Waals surface area (Å²) in [4.78, 5) is 77.5. The van der Waals surface area contributed by atoms with Crippen LogP contribution < -0.4 is 16.6 Å². The lowest BCUT2D eigenvalue weighted by molar-refractivity contribution is 0.0130. The Morgan fingerprint density at radius 1 is 0.771 bits per heavy atom. The zero-order chi connectivity index (χ0) is 36.2. The number of fused-ring (bicyclic) bond motifs is 2. The van der Waals surface area contributed by atoms with Crippen molar-refractivity contribution in [1.82, 2.24) is 34.6 Å². The van der Waals surface area contributed by atoms with E-state index in [9.17, 15) is 24.0 Å². The maximum Gasteiger partial charge on any atom is 0.410 e. The Bertz CT molecular complexity index is 1730. The fourth-order valence-electron chi connectivity index (χ4n) is 4.59. The molecule has 15 nitrogen and oxygen atoms in total. The van der Waals surface area contributed by atoms with Gasteiger partial charge in [0.25, 0.3) is 5.56 Å². The van der Waals surface area contributed by atoms with Gasteiger partial charge in [-0.25, -0.2) is 24.2 Å². The molecule has 2 aliphatic rings. The first kappa shape index (κ1) is 37.8. The van der Waals surface area contributed by atoms with Crippen molar-refractivity contribution in [2.75, 3.05) is 32.7 Å². The predicted molar refractivity (Wildman–Crippen MR) is 180 cm³/mol. The minimum atomic E-state index is -0.818. The predicted octanol–water partition coefficient (Wildman–Crippen LogP) is 4.20. The monoisotopic (exact) mass is 671 g/mol. The number of carbonyl (C=O) groups is 3. The van der Waals surface area contributed by atoms with Crippen molar-refractivity contribution in [2.24, 2.45) is 0 Å². The van der Waals surface area contributed by atoms with Gasteiger partial charge in [0.2, 0.25) is 0 Å². The van der Waals surface area contributed by atoms with Crippen LogP contribution in [0.15, 0.2) is 21.7 Å². The Balaban J connectivity index is 1.94. The number of aryl methyl sites for hydroxylation is 2. The van der Waals surface area contributed by atoms with Gasteiger partial charge in [-0.3, -0.25) is 9.78 Å². The first-order valence-corrected chi connectivity index (χ1v) is 15.9. The molecule has 3 rings (SSSR count). The number of nitrogens with one attached hydrogen (secondary N) is 2. The van der Waals surface area contributed by atoms with Crippen molar-refractivity contribution >= 4 is 29.3 Å². The molecule has 0 saturated carbocycles. The fraction of sp³-hybridized carbons (Fsp3) is 0.606. The number of hydrogen-bond donors (Lipinski definition) is 2. The van der Waals surface area contributed by atoms with Gasteiger partial charge in [-0.1, -0.05) is 0 Å². The molecule has 48 heavy (non-hydrogen) atoms. The minimum Gasteiger partial charge on any atom is -0.444 e. The molecule has 0 radical (unpaired) electrons. The summed E-state index contributed by atoms with van der Waals surface area (Å²) in [5.41, 5.74) is -0.734. The van der Waals surface area contributed by atoms with Crippen LogP contribution in [-0.4, -0.2) is 97.1 Å². The van der Waals surface area contributed by atoms with Crippen LogP contribution in [0.25, 0.3) is 22.6 Å². The summed E-state index contributed by atoms with van der Waals surface area (Å²) in [5.74, 6) is 0.0761. The third-order valence-electron chi connectivity index (χ3n) is 6.81. The minimum absolute atomic E-state index is 0.0113. The van der Waals surface area contributed by atoms with E-state index < -0.39 is 46.3 Å². The van der Waals surface area contributed by atoms with E-state index in [-0.39, 0.29) is 50.8 Å². The molecule has 1 aromatic rings. The zero-order valence-electron chi connectivity index (χ0n) is 29.9. The van der Waals surface area contributed by atoms with Crippen LogP contribution in [0.1, 0.15) is 73.4 Å². The lowest BCUT2D eigenvalue weighted by Crippen LogP contribution is -2.47. The number of benzene rings is 1. The summed E-state index contributed by atoms with van der Waals surface area (Å²) in [6, 6.07) is 3.74. The van der Waals surface area contributed by atoms with Gasteiger partial charge in [-0.2, -0.15) is 4.98 Å². The number of H-pyrrole nitrogens is 1. The maximum atomic E-state index is 13.5. The molecular weight excluding hydrogens is 622 g/mol. The molecule has 0 bridgehead atoms. The molecule has 3 amide bonds. The van der Waals surface area contributed by atoms with E-state index in [1.165, 1.54) is 9.80 Å². The lowest BCUT2D eigenvalue weighted by Gasteiger charge is -2.32. The molecule has 0 unspecified atom stereocenters. The van der Waals surface area contributed by atoms with Crippen molar-refractivity contribution in [1.29, 1.82) is 0 Å². The molecule has 0 fully saturated rings. The molecule has 15 heteroatoms. The van der Waals surface area contributed by atoms with Gasteiger partial charge in [-0.15, -0.1) is 0 Å². The largest absolute Gasteiger partial charge is 0.444 e. The van der Waals surface area contributed by atoms with Crippen molar-refractivity contribution < 1.29 is 28.6 Å². The number of hydrogen-bond acceptors (Lipinski definition) is 10. The number of carbonyl (C=O) groups excluding carboxylic acids is 3. The van der Waals surface area contributed by atoms with Gasteiger partial charge in [0.1, 0.15) is 16.8 Å². The van der Waals surface area contributed by atoms with Gasteiger partial charge in [-0.05, 0) is 99.4 Å². The molecule has 264 valence electrons. The van der Waals surface area contributed by atoms with Gasteiger partial charge in [0, 0.05) is 39.3 Å². The molecule has 0 spiro atoms. The highest BCUT2D eigenvalue weighted by Gasteiger charge is 2.27. The van der Waals surface area contributed by atoms with Gasteiger partial charge in [0.15, 0.2) is 11.5 Å². The molecular formula is C33H49N7O8. The fourth-order valence-corrected chi connectivity index (χ4v) is 4.59. The Hall–Kier alpha value is -4.69. The zero-order valence-corrected chi connectivity index (χ0v) is 29.9. The lowest BCUT2D eigenvalue weighted by atomic mass is 10.1. The standard InChI is InChI=1S/C33H49N7O8/c1-20-18-22-23(19-21(20)2)40(25-24(35-22)26(41)37-27(42)36-25)17-16-39(30(45)48-33(9,10)11)15-14-38(29(44)47-32(6,7)8)13-12-34-28(43)46-31(3,4)5/h18-19H,12-17H2,1-11H3,(H,34,43)(H,37,41,42). The first-order chi connectivity index (χ1) is 22.0. The van der Waals surface area contributed by atoms with Gasteiger partial charge in [0.05, 0.1) is 11.0 Å². The van der Waals surface area contributed by atoms with Crippen LogP contribution in [0, 0.1) is 13.8 Å². The van der Waals surface area contributed by atoms with Crippen molar-refractivity contribution in [3.05, 3.63) is 44.1 Å². The number of ether oxygens (including phenoxy) is 3. The SMILES string of the molecule is Cc1cc2nc3c(=O)[nH]c(=O)nc-3n(CCN(CCN(CCNC(=O)OC(C)(C)C)C(=O)OC(C)(C)C)C(=O)OC(C)(C)C)c2cc1C. The summed E-state index contributed by atoms with van der Waals surface area (Å²) < 4.78 is 18.3. The van der Waals surface area contributed by atoms with Crippen molar-refractivity contribution in [3.63, 3.8) is 0 Å². The van der Waals surface area contributed by atoms with E-state index >= 15 is 0 Å². The summed E-state index contributed by atoms with van der Waals surface area (Å²) in [6.45, 7) is 19.9. The van der Waals surface area contributed by atoms with E-state index in [1.54, 1.807) is 66.9 Å². The van der Waals surface area contributed by atoms with E-state index in [0.717, 1.165) is 11.1 Å². The molecule has 2 heterocycles. The Morgan fingerprint density at radius 3 is 1.83 bits per heavy atom. The van der Waals surface area contributed by atoms with E-state index in [0.29, 0.717) is 11.0 Å². The van der Waals surface area contributed by atoms with Gasteiger partial charge >= 0.3 is 24.0 Å². The van der Waals surface area contributed by atoms with Crippen LogP contribution in [0.4, 0.5) is 14.4 Å². The van der Waals surface area contributed by atoms with Gasteiger partial charge < -0.3 is 33.9 Å². The highest BCUT2D eigenvalue weighted by molar-refractivity contribution is 5.81.